The molecule has 2 aromatic heterocycles. The number of nitrogens with zero attached hydrogens (tertiary/aromatic N) is 4. The standard InChI is InChI=1S/C12H17N5/c1-8(13)7-11-5-4-6-14-12(11)17-10(3)15-9(2)16-17/h4-6,8H,7,13H2,1-3H3. The highest BCUT2D eigenvalue weighted by molar-refractivity contribution is 5.34. The Morgan fingerprint density at radius 3 is 2.76 bits per heavy atom. The lowest BCUT2D eigenvalue weighted by Crippen LogP contribution is -2.19. The van der Waals surface area contributed by atoms with Gasteiger partial charge in [-0.15, -0.1) is 5.10 Å². The van der Waals surface area contributed by atoms with Gasteiger partial charge >= 0.3 is 0 Å². The van der Waals surface area contributed by atoms with Crippen LogP contribution in [0.15, 0.2) is 18.3 Å². The van der Waals surface area contributed by atoms with Crippen LogP contribution in [0.2, 0.25) is 0 Å². The first-order chi connectivity index (χ1) is 8.08. The second kappa shape index (κ2) is 4.63. The molecular formula is C12H17N5. The normalized spacial score (nSPS) is 12.7. The lowest BCUT2D eigenvalue weighted by atomic mass is 10.1. The van der Waals surface area contributed by atoms with Gasteiger partial charge in [0.05, 0.1) is 0 Å². The lowest BCUT2D eigenvalue weighted by molar-refractivity contribution is 0.714. The summed E-state index contributed by atoms with van der Waals surface area (Å²) in [5.74, 6) is 2.41. The van der Waals surface area contributed by atoms with E-state index in [0.29, 0.717) is 0 Å². The van der Waals surface area contributed by atoms with E-state index in [1.54, 1.807) is 10.9 Å². The van der Waals surface area contributed by atoms with Crippen LogP contribution in [0, 0.1) is 13.8 Å². The van der Waals surface area contributed by atoms with E-state index in [-0.39, 0.29) is 6.04 Å². The molecule has 17 heavy (non-hydrogen) atoms. The van der Waals surface area contributed by atoms with E-state index < -0.39 is 0 Å². The van der Waals surface area contributed by atoms with E-state index in [9.17, 15) is 0 Å². The molecule has 0 bridgehead atoms. The SMILES string of the molecule is Cc1nc(C)n(-c2ncccc2CC(C)N)n1. The molecule has 2 N–H and O–H groups in total. The highest BCUT2D eigenvalue weighted by Gasteiger charge is 2.11. The second-order valence-corrected chi connectivity index (χ2v) is 4.29. The molecular weight excluding hydrogens is 214 g/mol. The van der Waals surface area contributed by atoms with Gasteiger partial charge in [-0.25, -0.2) is 9.97 Å². The lowest BCUT2D eigenvalue weighted by Gasteiger charge is -2.10. The molecule has 0 saturated heterocycles. The van der Waals surface area contributed by atoms with Crippen molar-refractivity contribution in [3.63, 3.8) is 0 Å². The molecule has 5 heteroatoms. The molecule has 0 spiro atoms. The third kappa shape index (κ3) is 2.50. The minimum atomic E-state index is 0.0999. The summed E-state index contributed by atoms with van der Waals surface area (Å²) < 4.78 is 1.77. The average Bonchev–Trinajstić information content (AvgIpc) is 2.58. The van der Waals surface area contributed by atoms with Crippen molar-refractivity contribution >= 4 is 0 Å². The van der Waals surface area contributed by atoms with Crippen molar-refractivity contribution in [2.75, 3.05) is 0 Å². The molecule has 2 heterocycles. The van der Waals surface area contributed by atoms with Gasteiger partial charge in [0.15, 0.2) is 5.82 Å². The van der Waals surface area contributed by atoms with Gasteiger partial charge in [0.1, 0.15) is 11.6 Å². The third-order valence-electron chi connectivity index (χ3n) is 2.48. The molecule has 0 radical (unpaired) electrons. The summed E-state index contributed by atoms with van der Waals surface area (Å²) in [5.41, 5.74) is 6.93. The molecule has 2 aromatic rings. The number of pyridine rings is 1. The summed E-state index contributed by atoms with van der Waals surface area (Å²) in [5, 5.41) is 4.35. The average molecular weight is 231 g/mol. The summed E-state index contributed by atoms with van der Waals surface area (Å²) in [4.78, 5) is 8.67. The Morgan fingerprint density at radius 2 is 2.18 bits per heavy atom. The van der Waals surface area contributed by atoms with Crippen LogP contribution in [0.1, 0.15) is 24.1 Å². The number of hydrogen-bond acceptors (Lipinski definition) is 4. The number of hydrogen-bond donors (Lipinski definition) is 1. The Hall–Kier alpha value is -1.75. The van der Waals surface area contributed by atoms with Crippen LogP contribution in [-0.2, 0) is 6.42 Å². The van der Waals surface area contributed by atoms with Gasteiger partial charge < -0.3 is 5.73 Å². The van der Waals surface area contributed by atoms with Gasteiger partial charge in [-0.2, -0.15) is 4.68 Å². The molecule has 0 fully saturated rings. The Labute approximate surface area is 101 Å². The molecule has 5 nitrogen and oxygen atoms in total. The van der Waals surface area contributed by atoms with Gasteiger partial charge in [-0.1, -0.05) is 6.07 Å². The predicted molar refractivity (Wildman–Crippen MR) is 66.0 cm³/mol. The Bertz CT molecular complexity index is 515. The summed E-state index contributed by atoms with van der Waals surface area (Å²) >= 11 is 0. The van der Waals surface area contributed by atoms with E-state index >= 15 is 0 Å². The van der Waals surface area contributed by atoms with Crippen LogP contribution in [0.4, 0.5) is 0 Å². The van der Waals surface area contributed by atoms with Crippen LogP contribution >= 0.6 is 0 Å². The van der Waals surface area contributed by atoms with Crippen molar-refractivity contribution < 1.29 is 0 Å². The molecule has 1 unspecified atom stereocenters. The maximum atomic E-state index is 5.84. The summed E-state index contributed by atoms with van der Waals surface area (Å²) in [6.07, 6.45) is 2.54. The van der Waals surface area contributed by atoms with E-state index in [0.717, 1.165) is 29.5 Å². The fourth-order valence-corrected chi connectivity index (χ4v) is 1.85. The topological polar surface area (TPSA) is 69.6 Å². The first kappa shape index (κ1) is 11.7. The van der Waals surface area contributed by atoms with Crippen LogP contribution < -0.4 is 5.73 Å². The molecule has 0 aliphatic carbocycles. The number of aromatic nitrogens is 4. The minimum absolute atomic E-state index is 0.0999. The minimum Gasteiger partial charge on any atom is -0.328 e. The molecule has 0 saturated carbocycles. The molecule has 0 aliphatic rings. The third-order valence-corrected chi connectivity index (χ3v) is 2.48. The Morgan fingerprint density at radius 1 is 1.41 bits per heavy atom. The van der Waals surface area contributed by atoms with Crippen molar-refractivity contribution in [2.24, 2.45) is 5.73 Å². The van der Waals surface area contributed by atoms with Crippen molar-refractivity contribution in [2.45, 2.75) is 33.2 Å². The number of nitrogens with two attached hydrogens (primary N) is 1. The van der Waals surface area contributed by atoms with Crippen LogP contribution in [-0.4, -0.2) is 25.8 Å². The van der Waals surface area contributed by atoms with Gasteiger partial charge in [0.25, 0.3) is 0 Å². The predicted octanol–water partition coefficient (Wildman–Crippen LogP) is 1.17. The summed E-state index contributed by atoms with van der Waals surface area (Å²) in [6, 6.07) is 4.05. The molecule has 90 valence electrons. The zero-order valence-electron chi connectivity index (χ0n) is 10.4. The Balaban J connectivity index is 2.48. The fourth-order valence-electron chi connectivity index (χ4n) is 1.85. The van der Waals surface area contributed by atoms with Crippen molar-refractivity contribution in [1.82, 2.24) is 19.7 Å². The van der Waals surface area contributed by atoms with Crippen molar-refractivity contribution in [3.8, 4) is 5.82 Å². The van der Waals surface area contributed by atoms with Crippen LogP contribution in [0.3, 0.4) is 0 Å². The second-order valence-electron chi connectivity index (χ2n) is 4.29. The van der Waals surface area contributed by atoms with Gasteiger partial charge in [0, 0.05) is 12.2 Å². The molecule has 1 atom stereocenters. The van der Waals surface area contributed by atoms with E-state index in [2.05, 4.69) is 15.1 Å². The summed E-state index contributed by atoms with van der Waals surface area (Å²) in [7, 11) is 0. The zero-order chi connectivity index (χ0) is 12.4. The molecule has 0 aromatic carbocycles. The maximum absolute atomic E-state index is 5.84. The van der Waals surface area contributed by atoms with Gasteiger partial charge in [-0.05, 0) is 38.8 Å². The van der Waals surface area contributed by atoms with E-state index in [4.69, 9.17) is 5.73 Å². The van der Waals surface area contributed by atoms with Crippen LogP contribution in [0.5, 0.6) is 0 Å². The number of aryl methyl sites for hydroxylation is 2. The molecule has 2 rings (SSSR count). The van der Waals surface area contributed by atoms with Crippen molar-refractivity contribution in [3.05, 3.63) is 35.5 Å². The zero-order valence-corrected chi connectivity index (χ0v) is 10.4. The van der Waals surface area contributed by atoms with Crippen molar-refractivity contribution in [1.29, 1.82) is 0 Å². The quantitative estimate of drug-likeness (QED) is 0.860. The maximum Gasteiger partial charge on any atom is 0.158 e. The fraction of sp³-hybridized carbons (Fsp3) is 0.417. The highest BCUT2D eigenvalue weighted by Crippen LogP contribution is 2.13. The van der Waals surface area contributed by atoms with E-state index in [1.165, 1.54) is 0 Å². The highest BCUT2D eigenvalue weighted by atomic mass is 15.4. The number of rotatable bonds is 3. The van der Waals surface area contributed by atoms with Gasteiger partial charge in [0.2, 0.25) is 0 Å². The van der Waals surface area contributed by atoms with E-state index in [1.807, 2.05) is 32.9 Å². The van der Waals surface area contributed by atoms with Gasteiger partial charge in [-0.3, -0.25) is 0 Å². The first-order valence-corrected chi connectivity index (χ1v) is 5.68. The monoisotopic (exact) mass is 231 g/mol. The largest absolute Gasteiger partial charge is 0.328 e. The smallest absolute Gasteiger partial charge is 0.158 e. The summed E-state index contributed by atoms with van der Waals surface area (Å²) in [6.45, 7) is 5.78. The Kier molecular flexibility index (Phi) is 3.19. The van der Waals surface area contributed by atoms with Crippen LogP contribution in [0.25, 0.3) is 5.82 Å². The molecule has 0 aliphatic heterocycles. The molecule has 0 amide bonds. The first-order valence-electron chi connectivity index (χ1n) is 5.68.